The van der Waals surface area contributed by atoms with Crippen molar-refractivity contribution in [2.75, 3.05) is 39.3 Å². The van der Waals surface area contributed by atoms with Gasteiger partial charge in [0.05, 0.1) is 0 Å². The lowest BCUT2D eigenvalue weighted by Crippen LogP contribution is -2.55. The number of hydrogen-bond donors (Lipinski definition) is 1. The van der Waals surface area contributed by atoms with Gasteiger partial charge in [-0.05, 0) is 51.4 Å². The third kappa shape index (κ3) is 3.94. The van der Waals surface area contributed by atoms with Crippen molar-refractivity contribution in [3.05, 3.63) is 0 Å². The van der Waals surface area contributed by atoms with Crippen LogP contribution in [0, 0.1) is 5.92 Å². The van der Waals surface area contributed by atoms with Gasteiger partial charge in [0.15, 0.2) is 0 Å². The molecule has 0 aromatic rings. The van der Waals surface area contributed by atoms with Crippen molar-refractivity contribution in [3.63, 3.8) is 0 Å². The lowest BCUT2D eigenvalue weighted by molar-refractivity contribution is 0.0715. The topological polar surface area (TPSA) is 32.5 Å². The highest BCUT2D eigenvalue weighted by molar-refractivity contribution is 4.94. The van der Waals surface area contributed by atoms with Crippen molar-refractivity contribution in [2.24, 2.45) is 11.7 Å². The van der Waals surface area contributed by atoms with Crippen molar-refractivity contribution in [1.29, 1.82) is 0 Å². The molecule has 3 heteroatoms. The van der Waals surface area contributed by atoms with Crippen LogP contribution >= 0.6 is 0 Å². The van der Waals surface area contributed by atoms with Crippen LogP contribution in [0.2, 0.25) is 0 Å². The first kappa shape index (κ1) is 15.9. The molecule has 1 atom stereocenters. The molecule has 0 aliphatic carbocycles. The highest BCUT2D eigenvalue weighted by Crippen LogP contribution is 2.28. The zero-order valence-electron chi connectivity index (χ0n) is 12.9. The van der Waals surface area contributed by atoms with Crippen LogP contribution in [-0.2, 0) is 0 Å². The van der Waals surface area contributed by atoms with E-state index in [0.717, 1.165) is 19.0 Å². The summed E-state index contributed by atoms with van der Waals surface area (Å²) < 4.78 is 0. The fourth-order valence-corrected chi connectivity index (χ4v) is 3.30. The van der Waals surface area contributed by atoms with Crippen molar-refractivity contribution in [1.82, 2.24) is 9.80 Å². The minimum Gasteiger partial charge on any atom is -0.329 e. The molecule has 0 saturated carbocycles. The summed E-state index contributed by atoms with van der Waals surface area (Å²) in [5.74, 6) is 0.721. The largest absolute Gasteiger partial charge is 0.329 e. The average Bonchev–Trinajstić information content (AvgIpc) is 2.58. The molecule has 1 heterocycles. The van der Waals surface area contributed by atoms with E-state index >= 15 is 0 Å². The minimum atomic E-state index is 0.253. The van der Waals surface area contributed by atoms with Gasteiger partial charge in [-0.25, -0.2) is 0 Å². The predicted molar refractivity (Wildman–Crippen MR) is 79.8 cm³/mol. The number of rotatable bonds is 6. The van der Waals surface area contributed by atoms with E-state index < -0.39 is 0 Å². The van der Waals surface area contributed by atoms with Crippen molar-refractivity contribution in [2.45, 2.75) is 52.5 Å². The smallest absolute Gasteiger partial charge is 0.0344 e. The third-order valence-electron chi connectivity index (χ3n) is 4.48. The van der Waals surface area contributed by atoms with Gasteiger partial charge < -0.3 is 10.6 Å². The lowest BCUT2D eigenvalue weighted by atomic mass is 9.87. The molecule has 1 aliphatic heterocycles. The molecule has 0 aromatic carbocycles. The van der Waals surface area contributed by atoms with Crippen LogP contribution in [0.25, 0.3) is 0 Å². The predicted octanol–water partition coefficient (Wildman–Crippen LogP) is 2.17. The first-order valence-corrected chi connectivity index (χ1v) is 7.75. The highest BCUT2D eigenvalue weighted by atomic mass is 15.2. The summed E-state index contributed by atoms with van der Waals surface area (Å²) in [6.07, 6.45) is 3.79. The maximum absolute atomic E-state index is 6.19. The Hall–Kier alpha value is -0.120. The van der Waals surface area contributed by atoms with Gasteiger partial charge >= 0.3 is 0 Å². The molecule has 2 N–H and O–H groups in total. The van der Waals surface area contributed by atoms with E-state index in [1.807, 2.05) is 0 Å². The van der Waals surface area contributed by atoms with Gasteiger partial charge in [-0.1, -0.05) is 27.7 Å². The zero-order valence-corrected chi connectivity index (χ0v) is 12.9. The molecule has 0 amide bonds. The normalized spacial score (nSPS) is 26.8. The fourth-order valence-electron chi connectivity index (χ4n) is 3.30. The first-order chi connectivity index (χ1) is 8.57. The molecular weight excluding hydrogens is 222 g/mol. The van der Waals surface area contributed by atoms with Gasteiger partial charge in [-0.2, -0.15) is 0 Å². The molecule has 0 spiro atoms. The molecule has 0 radical (unpaired) electrons. The van der Waals surface area contributed by atoms with Crippen LogP contribution < -0.4 is 5.73 Å². The van der Waals surface area contributed by atoms with E-state index in [1.54, 1.807) is 0 Å². The summed E-state index contributed by atoms with van der Waals surface area (Å²) in [6.45, 7) is 15.9. The SMILES string of the molecule is CCN1CCCC(CN)(N(CC)CC(C)C)CC1. The Balaban J connectivity index is 2.75. The molecule has 0 bridgehead atoms. The second-order valence-corrected chi connectivity index (χ2v) is 6.15. The fraction of sp³-hybridized carbons (Fsp3) is 1.00. The molecular formula is C15H33N3. The van der Waals surface area contributed by atoms with Crippen LogP contribution in [0.15, 0.2) is 0 Å². The molecule has 1 fully saturated rings. The Kier molecular flexibility index (Phi) is 6.61. The van der Waals surface area contributed by atoms with E-state index in [4.69, 9.17) is 5.73 Å². The van der Waals surface area contributed by atoms with Crippen molar-refractivity contribution >= 4 is 0 Å². The lowest BCUT2D eigenvalue weighted by Gasteiger charge is -2.43. The summed E-state index contributed by atoms with van der Waals surface area (Å²) in [5.41, 5.74) is 6.44. The second-order valence-electron chi connectivity index (χ2n) is 6.15. The molecule has 108 valence electrons. The van der Waals surface area contributed by atoms with E-state index in [-0.39, 0.29) is 5.54 Å². The molecule has 1 rings (SSSR count). The second kappa shape index (κ2) is 7.46. The van der Waals surface area contributed by atoms with Crippen LogP contribution in [0.5, 0.6) is 0 Å². The van der Waals surface area contributed by atoms with Gasteiger partial charge in [0, 0.05) is 18.6 Å². The quantitative estimate of drug-likeness (QED) is 0.789. The van der Waals surface area contributed by atoms with Crippen LogP contribution in [0.4, 0.5) is 0 Å². The Bertz CT molecular complexity index is 230. The summed E-state index contributed by atoms with van der Waals surface area (Å²) in [5, 5.41) is 0. The van der Waals surface area contributed by atoms with Crippen LogP contribution in [0.3, 0.4) is 0 Å². The number of likely N-dealkylation sites (tertiary alicyclic amines) is 1. The summed E-state index contributed by atoms with van der Waals surface area (Å²) in [4.78, 5) is 5.22. The van der Waals surface area contributed by atoms with E-state index in [0.29, 0.717) is 0 Å². The van der Waals surface area contributed by atoms with E-state index in [1.165, 1.54) is 45.4 Å². The van der Waals surface area contributed by atoms with Gasteiger partial charge in [0.25, 0.3) is 0 Å². The van der Waals surface area contributed by atoms with Crippen LogP contribution in [0.1, 0.15) is 47.0 Å². The molecule has 1 aliphatic rings. The van der Waals surface area contributed by atoms with Gasteiger partial charge in [0.1, 0.15) is 0 Å². The maximum atomic E-state index is 6.19. The molecule has 18 heavy (non-hydrogen) atoms. The Morgan fingerprint density at radius 1 is 1.22 bits per heavy atom. The Morgan fingerprint density at radius 2 is 1.94 bits per heavy atom. The van der Waals surface area contributed by atoms with E-state index in [9.17, 15) is 0 Å². The Morgan fingerprint density at radius 3 is 2.44 bits per heavy atom. The van der Waals surface area contributed by atoms with Crippen molar-refractivity contribution < 1.29 is 0 Å². The highest BCUT2D eigenvalue weighted by Gasteiger charge is 2.36. The van der Waals surface area contributed by atoms with Crippen LogP contribution in [-0.4, -0.2) is 54.6 Å². The van der Waals surface area contributed by atoms with Gasteiger partial charge in [0.2, 0.25) is 0 Å². The number of hydrogen-bond acceptors (Lipinski definition) is 3. The van der Waals surface area contributed by atoms with Gasteiger partial charge in [-0.15, -0.1) is 0 Å². The summed E-state index contributed by atoms with van der Waals surface area (Å²) in [6, 6.07) is 0. The third-order valence-corrected chi connectivity index (χ3v) is 4.48. The summed E-state index contributed by atoms with van der Waals surface area (Å²) >= 11 is 0. The number of likely N-dealkylation sites (N-methyl/N-ethyl adjacent to an activating group) is 1. The summed E-state index contributed by atoms with van der Waals surface area (Å²) in [7, 11) is 0. The first-order valence-electron chi connectivity index (χ1n) is 7.75. The van der Waals surface area contributed by atoms with Gasteiger partial charge in [-0.3, -0.25) is 4.90 Å². The monoisotopic (exact) mass is 255 g/mol. The minimum absolute atomic E-state index is 0.253. The zero-order chi connectivity index (χ0) is 13.6. The maximum Gasteiger partial charge on any atom is 0.0344 e. The molecule has 1 saturated heterocycles. The standard InChI is InChI=1S/C15H33N3/c1-5-17-10-7-8-15(13-16,9-11-17)18(6-2)12-14(3)4/h14H,5-13,16H2,1-4H3. The molecule has 1 unspecified atom stereocenters. The number of nitrogens with zero attached hydrogens (tertiary/aromatic N) is 2. The Labute approximate surface area is 114 Å². The van der Waals surface area contributed by atoms with Crippen molar-refractivity contribution in [3.8, 4) is 0 Å². The average molecular weight is 255 g/mol. The molecule has 0 aromatic heterocycles. The van der Waals surface area contributed by atoms with E-state index in [2.05, 4.69) is 37.5 Å². The number of nitrogens with two attached hydrogens (primary N) is 1. The molecule has 3 nitrogen and oxygen atoms in total.